The van der Waals surface area contributed by atoms with E-state index in [4.69, 9.17) is 4.74 Å². The summed E-state index contributed by atoms with van der Waals surface area (Å²) in [6, 6.07) is 15.2. The number of hydrogen-bond donors (Lipinski definition) is 0. The second kappa shape index (κ2) is 10.1. The van der Waals surface area contributed by atoms with Crippen molar-refractivity contribution in [2.45, 2.75) is 12.8 Å². The maximum atomic E-state index is 12.4. The van der Waals surface area contributed by atoms with Gasteiger partial charge in [0.25, 0.3) is 11.8 Å². The van der Waals surface area contributed by atoms with Gasteiger partial charge in [-0.05, 0) is 43.7 Å². The minimum Gasteiger partial charge on any atom is -1.00 e. The monoisotopic (exact) mass is 472 g/mol. The lowest BCUT2D eigenvalue weighted by Gasteiger charge is -2.36. The Labute approximate surface area is 188 Å². The predicted octanol–water partition coefficient (Wildman–Crippen LogP) is -0.102. The van der Waals surface area contributed by atoms with E-state index >= 15 is 0 Å². The molecule has 30 heavy (non-hydrogen) atoms. The van der Waals surface area contributed by atoms with Crippen LogP contribution in [0.15, 0.2) is 48.5 Å². The minimum atomic E-state index is -0.156. The van der Waals surface area contributed by atoms with Crippen molar-refractivity contribution in [3.8, 4) is 5.75 Å². The van der Waals surface area contributed by atoms with E-state index in [2.05, 4.69) is 15.9 Å². The van der Waals surface area contributed by atoms with Crippen molar-refractivity contribution in [3.63, 3.8) is 0 Å². The molecule has 2 aliphatic rings. The lowest BCUT2D eigenvalue weighted by atomic mass is 10.1. The molecule has 4 rings (SSSR count). The highest BCUT2D eigenvalue weighted by Crippen LogP contribution is 2.28. The number of benzene rings is 2. The second-order valence-corrected chi connectivity index (χ2v) is 7.52. The Morgan fingerprint density at radius 3 is 2.00 bits per heavy atom. The summed E-state index contributed by atoms with van der Waals surface area (Å²) in [5.74, 6) is 0.605. The molecular formula is C23H27BrN3O3-. The molecule has 2 aromatic rings. The molecule has 6 nitrogen and oxygen atoms in total. The second-order valence-electron chi connectivity index (χ2n) is 7.52. The Hall–Kier alpha value is -2.38. The van der Waals surface area contributed by atoms with Crippen LogP contribution in [0.4, 0.5) is 5.69 Å². The average molecular weight is 473 g/mol. The van der Waals surface area contributed by atoms with Crippen molar-refractivity contribution in [1.29, 1.82) is 0 Å². The normalized spacial score (nSPS) is 16.4. The molecule has 1 fully saturated rings. The lowest BCUT2D eigenvalue weighted by molar-refractivity contribution is -0.0000294. The maximum absolute atomic E-state index is 12.4. The molecule has 0 radical (unpaired) electrons. The molecule has 0 aromatic heterocycles. The highest BCUT2D eigenvalue weighted by molar-refractivity contribution is 6.21. The first kappa shape index (κ1) is 22.3. The van der Waals surface area contributed by atoms with Crippen molar-refractivity contribution in [3.05, 3.63) is 59.7 Å². The van der Waals surface area contributed by atoms with Crippen LogP contribution in [0.25, 0.3) is 0 Å². The molecule has 160 valence electrons. The SMILES string of the molecule is COc1ccccc1N1CCN(CCCCN2C(=O)c3ccccc3C2=O)CC1.[Br-]. The number of unbranched alkanes of at least 4 members (excludes halogenated alkanes) is 1. The van der Waals surface area contributed by atoms with Gasteiger partial charge in [0.15, 0.2) is 0 Å². The van der Waals surface area contributed by atoms with Crippen molar-refractivity contribution in [2.75, 3.05) is 51.3 Å². The van der Waals surface area contributed by atoms with Gasteiger partial charge in [0, 0.05) is 32.7 Å². The third-order valence-corrected chi connectivity index (χ3v) is 5.78. The molecule has 0 aliphatic carbocycles. The summed E-state index contributed by atoms with van der Waals surface area (Å²) in [6.45, 7) is 5.43. The molecule has 1 saturated heterocycles. The van der Waals surface area contributed by atoms with E-state index in [0.717, 1.165) is 57.0 Å². The Bertz CT molecular complexity index is 862. The number of carbonyl (C=O) groups is 2. The number of fused-ring (bicyclic) bond motifs is 1. The van der Waals surface area contributed by atoms with Gasteiger partial charge < -0.3 is 26.6 Å². The number of amides is 2. The van der Waals surface area contributed by atoms with Gasteiger partial charge in [-0.3, -0.25) is 19.4 Å². The fraction of sp³-hybridized carbons (Fsp3) is 0.391. The number of rotatable bonds is 7. The number of para-hydroxylation sites is 2. The summed E-state index contributed by atoms with van der Waals surface area (Å²) in [7, 11) is 1.71. The quantitative estimate of drug-likeness (QED) is 0.416. The van der Waals surface area contributed by atoms with Gasteiger partial charge in [0.05, 0.1) is 23.9 Å². The molecule has 7 heteroatoms. The fourth-order valence-corrected chi connectivity index (χ4v) is 4.15. The minimum absolute atomic E-state index is 0. The lowest BCUT2D eigenvalue weighted by Crippen LogP contribution is -3.00. The molecule has 2 heterocycles. The number of anilines is 1. The van der Waals surface area contributed by atoms with E-state index in [9.17, 15) is 9.59 Å². The first-order chi connectivity index (χ1) is 14.2. The summed E-state index contributed by atoms with van der Waals surface area (Å²) in [5.41, 5.74) is 2.22. The van der Waals surface area contributed by atoms with Gasteiger partial charge in [0.1, 0.15) is 5.75 Å². The Kier molecular flexibility index (Phi) is 7.50. The van der Waals surface area contributed by atoms with Crippen molar-refractivity contribution < 1.29 is 31.3 Å². The van der Waals surface area contributed by atoms with Crippen LogP contribution in [-0.4, -0.2) is 68.0 Å². The molecule has 0 N–H and O–H groups in total. The summed E-state index contributed by atoms with van der Waals surface area (Å²) >= 11 is 0. The molecule has 2 amide bonds. The Balaban J connectivity index is 0.00000256. The molecule has 0 saturated carbocycles. The third-order valence-electron chi connectivity index (χ3n) is 5.78. The van der Waals surface area contributed by atoms with E-state index < -0.39 is 0 Å². The first-order valence-electron chi connectivity index (χ1n) is 10.2. The molecule has 0 bridgehead atoms. The zero-order valence-electron chi connectivity index (χ0n) is 17.2. The third kappa shape index (κ3) is 4.52. The highest BCUT2D eigenvalue weighted by atomic mass is 79.9. The summed E-state index contributed by atoms with van der Waals surface area (Å²) < 4.78 is 5.48. The summed E-state index contributed by atoms with van der Waals surface area (Å²) in [5, 5.41) is 0. The van der Waals surface area contributed by atoms with Crippen molar-refractivity contribution in [2.24, 2.45) is 0 Å². The molecule has 0 atom stereocenters. The number of hydrogen-bond acceptors (Lipinski definition) is 5. The van der Waals surface area contributed by atoms with Gasteiger partial charge in [-0.1, -0.05) is 24.3 Å². The van der Waals surface area contributed by atoms with Gasteiger partial charge in [0.2, 0.25) is 0 Å². The first-order valence-corrected chi connectivity index (χ1v) is 10.2. The van der Waals surface area contributed by atoms with Crippen LogP contribution in [0.1, 0.15) is 33.6 Å². The van der Waals surface area contributed by atoms with Crippen LogP contribution < -0.4 is 26.6 Å². The Morgan fingerprint density at radius 2 is 1.37 bits per heavy atom. The number of piperazine rings is 1. The largest absolute Gasteiger partial charge is 1.00 e. The smallest absolute Gasteiger partial charge is 0.261 e. The van der Waals surface area contributed by atoms with Gasteiger partial charge in [-0.15, -0.1) is 0 Å². The Morgan fingerprint density at radius 1 is 0.800 bits per heavy atom. The molecule has 2 aromatic carbocycles. The number of carbonyl (C=O) groups excluding carboxylic acids is 2. The van der Waals surface area contributed by atoms with Crippen LogP contribution in [0.2, 0.25) is 0 Å². The van der Waals surface area contributed by atoms with E-state index in [-0.39, 0.29) is 28.8 Å². The zero-order valence-corrected chi connectivity index (χ0v) is 18.8. The van der Waals surface area contributed by atoms with E-state index in [1.165, 1.54) is 4.90 Å². The van der Waals surface area contributed by atoms with Gasteiger partial charge in [-0.2, -0.15) is 0 Å². The van der Waals surface area contributed by atoms with Crippen LogP contribution in [0.3, 0.4) is 0 Å². The highest BCUT2D eigenvalue weighted by Gasteiger charge is 2.34. The molecule has 2 aliphatic heterocycles. The molecule has 0 spiro atoms. The summed E-state index contributed by atoms with van der Waals surface area (Å²) in [4.78, 5) is 31.0. The van der Waals surface area contributed by atoms with Crippen LogP contribution >= 0.6 is 0 Å². The maximum Gasteiger partial charge on any atom is 0.261 e. The molecule has 0 unspecified atom stereocenters. The number of imide groups is 1. The number of ether oxygens (including phenoxy) is 1. The predicted molar refractivity (Wildman–Crippen MR) is 113 cm³/mol. The number of nitrogens with zero attached hydrogens (tertiary/aromatic N) is 3. The molecular weight excluding hydrogens is 446 g/mol. The zero-order chi connectivity index (χ0) is 20.2. The summed E-state index contributed by atoms with van der Waals surface area (Å²) in [6.07, 6.45) is 1.81. The number of methoxy groups -OCH3 is 1. The fourth-order valence-electron chi connectivity index (χ4n) is 4.15. The van der Waals surface area contributed by atoms with E-state index in [0.29, 0.717) is 17.7 Å². The van der Waals surface area contributed by atoms with Crippen LogP contribution in [0.5, 0.6) is 5.75 Å². The van der Waals surface area contributed by atoms with E-state index in [1.54, 1.807) is 31.4 Å². The van der Waals surface area contributed by atoms with Gasteiger partial charge >= 0.3 is 0 Å². The number of halogens is 1. The standard InChI is InChI=1S/C23H27N3O3.BrH/c1-29-21-11-5-4-10-20(21)25-16-14-24(15-17-25)12-6-7-13-26-22(27)18-8-2-3-9-19(18)23(26)28;/h2-5,8-11H,6-7,12-17H2,1H3;1H/p-1. The van der Waals surface area contributed by atoms with Crippen LogP contribution in [0, 0.1) is 0 Å². The van der Waals surface area contributed by atoms with Gasteiger partial charge in [-0.25, -0.2) is 0 Å². The topological polar surface area (TPSA) is 53.1 Å². The van der Waals surface area contributed by atoms with E-state index in [1.807, 2.05) is 18.2 Å². The van der Waals surface area contributed by atoms with Crippen molar-refractivity contribution >= 4 is 17.5 Å². The van der Waals surface area contributed by atoms with Crippen molar-refractivity contribution in [1.82, 2.24) is 9.80 Å². The average Bonchev–Trinajstić information content (AvgIpc) is 3.02. The van der Waals surface area contributed by atoms with Crippen LogP contribution in [-0.2, 0) is 0 Å².